The maximum Gasteiger partial charge on any atom is 0.435 e. The quantitative estimate of drug-likeness (QED) is 0.552. The number of aromatic nitrogens is 2. The number of pyridine rings is 1. The van der Waals surface area contributed by atoms with Gasteiger partial charge < -0.3 is 10.1 Å². The van der Waals surface area contributed by atoms with E-state index in [1.807, 2.05) is 0 Å². The van der Waals surface area contributed by atoms with Crippen LogP contribution >= 0.6 is 0 Å². The van der Waals surface area contributed by atoms with Gasteiger partial charge in [0.25, 0.3) is 12.3 Å². The highest BCUT2D eigenvalue weighted by Gasteiger charge is 2.41. The lowest BCUT2D eigenvalue weighted by Crippen LogP contribution is -2.39. The molecule has 0 aromatic carbocycles. The van der Waals surface area contributed by atoms with Gasteiger partial charge in [-0.05, 0) is 50.2 Å². The van der Waals surface area contributed by atoms with Crippen LogP contribution in [0.1, 0.15) is 72.4 Å². The second-order valence-electron chi connectivity index (χ2n) is 8.93. The molecule has 3 heterocycles. The number of ether oxygens (including phenoxy) is 1. The molecule has 1 saturated heterocycles. The largest absolute Gasteiger partial charge is 0.435 e. The normalized spacial score (nSPS) is 20.2. The average molecular weight is 495 g/mol. The number of alkyl halides is 7. The molecule has 0 atom stereocenters. The van der Waals surface area contributed by atoms with Crippen LogP contribution in [0.5, 0.6) is 0 Å². The number of amides is 1. The minimum Gasteiger partial charge on any atom is -0.381 e. The lowest BCUT2D eigenvalue weighted by Gasteiger charge is -2.28. The van der Waals surface area contributed by atoms with Gasteiger partial charge in [0.05, 0.1) is 11.4 Å². The predicted molar refractivity (Wildman–Crippen MR) is 107 cm³/mol. The number of nitrogens with one attached hydrogen (secondary N) is 1. The third-order valence-electron chi connectivity index (χ3n) is 6.47. The van der Waals surface area contributed by atoms with E-state index in [1.54, 1.807) is 0 Å². The molecule has 2 aromatic rings. The van der Waals surface area contributed by atoms with Crippen molar-refractivity contribution in [3.05, 3.63) is 34.8 Å². The number of rotatable bonds is 5. The fourth-order valence-electron chi connectivity index (χ4n) is 4.66. The number of fused-ring (bicyclic) bond motifs is 1. The Labute approximate surface area is 190 Å². The van der Waals surface area contributed by atoms with Crippen LogP contribution in [0.2, 0.25) is 0 Å². The molecule has 0 unspecified atom stereocenters. The summed E-state index contributed by atoms with van der Waals surface area (Å²) < 4.78 is 102. The first-order valence-electron chi connectivity index (χ1n) is 11.1. The van der Waals surface area contributed by atoms with Gasteiger partial charge in [0.15, 0.2) is 5.69 Å². The zero-order chi connectivity index (χ0) is 24.7. The molecule has 0 bridgehead atoms. The van der Waals surface area contributed by atoms with Crippen molar-refractivity contribution in [2.75, 3.05) is 13.2 Å². The smallest absolute Gasteiger partial charge is 0.381 e. The monoisotopic (exact) mass is 495 g/mol. The van der Waals surface area contributed by atoms with E-state index < -0.39 is 65.9 Å². The summed E-state index contributed by atoms with van der Waals surface area (Å²) >= 11 is 0. The van der Waals surface area contributed by atoms with Crippen LogP contribution in [0.3, 0.4) is 0 Å². The van der Waals surface area contributed by atoms with Gasteiger partial charge in [0.2, 0.25) is 5.92 Å². The summed E-state index contributed by atoms with van der Waals surface area (Å²) in [6.45, 7) is 0.857. The van der Waals surface area contributed by atoms with Crippen molar-refractivity contribution in [2.24, 2.45) is 5.92 Å². The maximum atomic E-state index is 14.0. The number of imidazole rings is 1. The molecular formula is C22H24F7N3O2. The molecular weight excluding hydrogens is 471 g/mol. The molecule has 2 fully saturated rings. The van der Waals surface area contributed by atoms with Crippen LogP contribution in [0, 0.1) is 5.92 Å². The number of halogens is 7. The molecule has 4 rings (SSSR count). The number of carbonyl (C=O) groups is 1. The molecule has 34 heavy (non-hydrogen) atoms. The van der Waals surface area contributed by atoms with Crippen molar-refractivity contribution in [3.8, 4) is 0 Å². The first kappa shape index (κ1) is 24.7. The van der Waals surface area contributed by atoms with E-state index in [-0.39, 0.29) is 30.9 Å². The fraction of sp³-hybridized carbons (Fsp3) is 0.636. The van der Waals surface area contributed by atoms with Crippen molar-refractivity contribution >= 4 is 11.6 Å². The van der Waals surface area contributed by atoms with Crippen LogP contribution in [0.15, 0.2) is 12.1 Å². The van der Waals surface area contributed by atoms with Crippen molar-refractivity contribution in [2.45, 2.75) is 69.5 Å². The summed E-state index contributed by atoms with van der Waals surface area (Å²) in [5, 5.41) is 2.70. The standard InChI is InChI=1S/C22H24F7N3O2/c23-19(24)16-10-13(20(33)30-14-3-7-34-8-4-14)11-17-31-18(22(27,28)29)15(32(16)17)9-12-1-5-21(25,26)6-2-12/h10-12,14,19H,1-9H2,(H,30,33). The zero-order valence-electron chi connectivity index (χ0n) is 18.1. The molecule has 1 N–H and O–H groups in total. The molecule has 0 radical (unpaired) electrons. The van der Waals surface area contributed by atoms with Gasteiger partial charge in [-0.3, -0.25) is 9.20 Å². The molecule has 1 amide bonds. The third-order valence-corrected chi connectivity index (χ3v) is 6.47. The Balaban J connectivity index is 1.72. The molecule has 1 aliphatic heterocycles. The summed E-state index contributed by atoms with van der Waals surface area (Å²) in [6, 6.07) is 1.68. The van der Waals surface area contributed by atoms with Crippen LogP contribution in [-0.2, 0) is 17.3 Å². The highest BCUT2D eigenvalue weighted by atomic mass is 19.4. The van der Waals surface area contributed by atoms with E-state index in [9.17, 15) is 35.5 Å². The van der Waals surface area contributed by atoms with Gasteiger partial charge >= 0.3 is 6.18 Å². The molecule has 5 nitrogen and oxygen atoms in total. The summed E-state index contributed by atoms with van der Waals surface area (Å²) in [7, 11) is 0. The maximum absolute atomic E-state index is 14.0. The van der Waals surface area contributed by atoms with Gasteiger partial charge in [-0.25, -0.2) is 22.5 Å². The van der Waals surface area contributed by atoms with E-state index in [0.717, 1.165) is 16.5 Å². The lowest BCUT2D eigenvalue weighted by atomic mass is 9.83. The number of carbonyl (C=O) groups excluding carboxylic acids is 1. The van der Waals surface area contributed by atoms with Crippen molar-refractivity contribution < 1.29 is 40.3 Å². The fourth-order valence-corrected chi connectivity index (χ4v) is 4.66. The lowest BCUT2D eigenvalue weighted by molar-refractivity contribution is -0.141. The van der Waals surface area contributed by atoms with E-state index >= 15 is 0 Å². The zero-order valence-corrected chi connectivity index (χ0v) is 18.1. The van der Waals surface area contributed by atoms with Gasteiger partial charge in [-0.2, -0.15) is 13.2 Å². The molecule has 2 aromatic heterocycles. The minimum atomic E-state index is -4.94. The Kier molecular flexibility index (Phi) is 6.80. The average Bonchev–Trinajstić information content (AvgIpc) is 3.14. The van der Waals surface area contributed by atoms with Crippen LogP contribution in [0.4, 0.5) is 30.7 Å². The number of hydrogen-bond donors (Lipinski definition) is 1. The number of nitrogens with zero attached hydrogens (tertiary/aromatic N) is 2. The second-order valence-corrected chi connectivity index (χ2v) is 8.93. The van der Waals surface area contributed by atoms with E-state index in [0.29, 0.717) is 26.1 Å². The molecule has 2 aliphatic rings. The number of hydrogen-bond acceptors (Lipinski definition) is 3. The second kappa shape index (κ2) is 9.35. The highest BCUT2D eigenvalue weighted by Crippen LogP contribution is 2.40. The van der Waals surface area contributed by atoms with Gasteiger partial charge in [-0.15, -0.1) is 0 Å². The predicted octanol–water partition coefficient (Wildman–Crippen LogP) is 5.57. The van der Waals surface area contributed by atoms with Gasteiger partial charge in [0.1, 0.15) is 5.65 Å². The first-order valence-corrected chi connectivity index (χ1v) is 11.1. The first-order chi connectivity index (χ1) is 15.9. The van der Waals surface area contributed by atoms with Gasteiger partial charge in [-0.1, -0.05) is 0 Å². The SMILES string of the molecule is O=C(NC1CCOCC1)c1cc(C(F)F)n2c(CC3CCC(F)(F)CC3)c(C(F)(F)F)nc2c1. The van der Waals surface area contributed by atoms with Crippen molar-refractivity contribution in [3.63, 3.8) is 0 Å². The minimum absolute atomic E-state index is 0.0207. The Bertz CT molecular complexity index is 1040. The summed E-state index contributed by atoms with van der Waals surface area (Å²) in [6.07, 6.45) is -8.36. The summed E-state index contributed by atoms with van der Waals surface area (Å²) in [4.78, 5) is 16.2. The van der Waals surface area contributed by atoms with E-state index in [2.05, 4.69) is 10.3 Å². The molecule has 1 saturated carbocycles. The summed E-state index contributed by atoms with van der Waals surface area (Å²) in [5.74, 6) is -4.09. The van der Waals surface area contributed by atoms with Crippen LogP contribution in [0.25, 0.3) is 5.65 Å². The summed E-state index contributed by atoms with van der Waals surface area (Å²) in [5.41, 5.74) is -3.29. The third kappa shape index (κ3) is 5.31. The molecule has 0 spiro atoms. The molecule has 1 aliphatic carbocycles. The van der Waals surface area contributed by atoms with Crippen molar-refractivity contribution in [1.82, 2.24) is 14.7 Å². The highest BCUT2D eigenvalue weighted by molar-refractivity contribution is 5.95. The van der Waals surface area contributed by atoms with Crippen molar-refractivity contribution in [1.29, 1.82) is 0 Å². The van der Waals surface area contributed by atoms with Gasteiger partial charge in [0, 0.05) is 37.7 Å². The van der Waals surface area contributed by atoms with E-state index in [4.69, 9.17) is 4.74 Å². The molecule has 12 heteroatoms. The van der Waals surface area contributed by atoms with E-state index in [1.165, 1.54) is 0 Å². The Morgan fingerprint density at radius 1 is 1.15 bits per heavy atom. The van der Waals surface area contributed by atoms with Crippen LogP contribution < -0.4 is 5.32 Å². The van der Waals surface area contributed by atoms with Crippen LogP contribution in [-0.4, -0.2) is 40.5 Å². The Morgan fingerprint density at radius 2 is 1.79 bits per heavy atom. The Hall–Kier alpha value is -2.37. The molecule has 188 valence electrons. The Morgan fingerprint density at radius 3 is 2.38 bits per heavy atom. The topological polar surface area (TPSA) is 55.6 Å².